The number of aromatic nitrogens is 2. The van der Waals surface area contributed by atoms with E-state index in [1.54, 1.807) is 39.7 Å². The molecule has 7 heteroatoms. The number of ether oxygens (including phenoxy) is 3. The second-order valence-electron chi connectivity index (χ2n) is 6.19. The van der Waals surface area contributed by atoms with Crippen molar-refractivity contribution >= 4 is 11.6 Å². The minimum absolute atomic E-state index is 0.149. The number of amides is 1. The van der Waals surface area contributed by atoms with Crippen LogP contribution >= 0.6 is 0 Å². The van der Waals surface area contributed by atoms with Gasteiger partial charge in [-0.05, 0) is 48.9 Å². The summed E-state index contributed by atoms with van der Waals surface area (Å²) in [6, 6.07) is 13.0. The minimum Gasteiger partial charge on any atom is -0.493 e. The van der Waals surface area contributed by atoms with Gasteiger partial charge in [0.05, 0.1) is 33.4 Å². The summed E-state index contributed by atoms with van der Waals surface area (Å²) in [6.07, 6.45) is 1.91. The Morgan fingerprint density at radius 2 is 1.75 bits per heavy atom. The van der Waals surface area contributed by atoms with Crippen molar-refractivity contribution in [2.75, 3.05) is 26.6 Å². The third-order valence-electron chi connectivity index (χ3n) is 4.30. The fourth-order valence-electron chi connectivity index (χ4n) is 2.98. The number of aryl methyl sites for hydroxylation is 1. The van der Waals surface area contributed by atoms with Crippen LogP contribution in [0.3, 0.4) is 0 Å². The molecule has 146 valence electrons. The van der Waals surface area contributed by atoms with Gasteiger partial charge in [0.2, 0.25) is 11.7 Å². The molecule has 1 aromatic heterocycles. The van der Waals surface area contributed by atoms with Crippen molar-refractivity contribution in [3.05, 3.63) is 59.9 Å². The molecule has 28 heavy (non-hydrogen) atoms. The number of nitrogens with zero attached hydrogens (tertiary/aromatic N) is 2. The molecule has 0 spiro atoms. The van der Waals surface area contributed by atoms with Gasteiger partial charge in [-0.3, -0.25) is 4.79 Å². The summed E-state index contributed by atoms with van der Waals surface area (Å²) >= 11 is 0. The molecule has 1 N–H and O–H groups in total. The quantitative estimate of drug-likeness (QED) is 0.679. The van der Waals surface area contributed by atoms with Crippen molar-refractivity contribution in [1.82, 2.24) is 9.78 Å². The number of nitrogens with one attached hydrogen (secondary N) is 1. The van der Waals surface area contributed by atoms with Crippen LogP contribution in [0.15, 0.2) is 48.7 Å². The molecule has 0 fully saturated rings. The molecule has 0 saturated carbocycles. The van der Waals surface area contributed by atoms with Crippen molar-refractivity contribution < 1.29 is 19.0 Å². The summed E-state index contributed by atoms with van der Waals surface area (Å²) in [6.45, 7) is 1.97. The van der Waals surface area contributed by atoms with Crippen LogP contribution < -0.4 is 19.5 Å². The van der Waals surface area contributed by atoms with E-state index in [2.05, 4.69) is 10.4 Å². The topological polar surface area (TPSA) is 74.6 Å². The highest BCUT2D eigenvalue weighted by Crippen LogP contribution is 2.38. The van der Waals surface area contributed by atoms with E-state index >= 15 is 0 Å². The van der Waals surface area contributed by atoms with Gasteiger partial charge in [-0.15, -0.1) is 0 Å². The Bertz CT molecular complexity index is 956. The Morgan fingerprint density at radius 1 is 1.04 bits per heavy atom. The van der Waals surface area contributed by atoms with Crippen LogP contribution in [-0.4, -0.2) is 37.0 Å². The molecule has 0 saturated heterocycles. The number of anilines is 1. The van der Waals surface area contributed by atoms with Crippen molar-refractivity contribution in [2.24, 2.45) is 0 Å². The number of benzene rings is 2. The maximum Gasteiger partial charge on any atom is 0.228 e. The van der Waals surface area contributed by atoms with Gasteiger partial charge < -0.3 is 19.5 Å². The van der Waals surface area contributed by atoms with Gasteiger partial charge in [0.15, 0.2) is 11.5 Å². The second-order valence-corrected chi connectivity index (χ2v) is 6.19. The summed E-state index contributed by atoms with van der Waals surface area (Å²) < 4.78 is 17.8. The number of methoxy groups -OCH3 is 3. The lowest BCUT2D eigenvalue weighted by molar-refractivity contribution is -0.115. The third kappa shape index (κ3) is 4.09. The maximum atomic E-state index is 12.6. The molecule has 1 heterocycles. The largest absolute Gasteiger partial charge is 0.493 e. The third-order valence-corrected chi connectivity index (χ3v) is 4.30. The van der Waals surface area contributed by atoms with Crippen LogP contribution in [-0.2, 0) is 11.2 Å². The van der Waals surface area contributed by atoms with Gasteiger partial charge in [-0.25, -0.2) is 4.68 Å². The Labute approximate surface area is 163 Å². The Morgan fingerprint density at radius 3 is 2.32 bits per heavy atom. The van der Waals surface area contributed by atoms with Crippen LogP contribution in [0.1, 0.15) is 11.3 Å². The molecule has 0 bridgehead atoms. The highest BCUT2D eigenvalue weighted by molar-refractivity contribution is 5.92. The van der Waals surface area contributed by atoms with Gasteiger partial charge in [0.1, 0.15) is 0 Å². The van der Waals surface area contributed by atoms with E-state index in [0.717, 1.165) is 16.9 Å². The van der Waals surface area contributed by atoms with Crippen LogP contribution in [0.4, 0.5) is 5.69 Å². The number of carbonyl (C=O) groups excluding carboxylic acids is 1. The summed E-state index contributed by atoms with van der Waals surface area (Å²) in [5.41, 5.74) is 3.35. The molecule has 3 rings (SSSR count). The molecule has 3 aromatic rings. The molecule has 0 unspecified atom stereocenters. The predicted octanol–water partition coefficient (Wildman–Crippen LogP) is 3.39. The molecule has 0 atom stereocenters. The van der Waals surface area contributed by atoms with E-state index < -0.39 is 0 Å². The first kappa shape index (κ1) is 19.3. The lowest BCUT2D eigenvalue weighted by Crippen LogP contribution is -2.15. The molecule has 1 amide bonds. The summed E-state index contributed by atoms with van der Waals surface area (Å²) in [5, 5.41) is 7.22. The van der Waals surface area contributed by atoms with Gasteiger partial charge >= 0.3 is 0 Å². The van der Waals surface area contributed by atoms with Crippen molar-refractivity contribution in [2.45, 2.75) is 13.3 Å². The van der Waals surface area contributed by atoms with Crippen LogP contribution in [0.25, 0.3) is 5.69 Å². The summed E-state index contributed by atoms with van der Waals surface area (Å²) in [4.78, 5) is 12.6. The molecule has 0 aliphatic rings. The Balaban J connectivity index is 1.77. The standard InChI is InChI=1S/C21H23N3O4/c1-14-8-9-22-24(14)17-7-5-6-16(13-17)23-20(25)12-15-10-18(26-2)21(28-4)19(11-15)27-3/h5-11,13H,12H2,1-4H3,(H,23,25). The summed E-state index contributed by atoms with van der Waals surface area (Å²) in [7, 11) is 4.63. The number of hydrogen-bond acceptors (Lipinski definition) is 5. The lowest BCUT2D eigenvalue weighted by Gasteiger charge is -2.14. The molecular formula is C21H23N3O4. The molecule has 0 radical (unpaired) electrons. The van der Waals surface area contributed by atoms with Gasteiger partial charge in [0.25, 0.3) is 0 Å². The minimum atomic E-state index is -0.149. The zero-order valence-electron chi connectivity index (χ0n) is 16.4. The first-order valence-electron chi connectivity index (χ1n) is 8.75. The van der Waals surface area contributed by atoms with Gasteiger partial charge in [-0.2, -0.15) is 5.10 Å². The van der Waals surface area contributed by atoms with Gasteiger partial charge in [0, 0.05) is 17.6 Å². The fourth-order valence-corrected chi connectivity index (χ4v) is 2.98. The number of rotatable bonds is 7. The lowest BCUT2D eigenvalue weighted by atomic mass is 10.1. The van der Waals surface area contributed by atoms with E-state index in [0.29, 0.717) is 22.9 Å². The smallest absolute Gasteiger partial charge is 0.228 e. The van der Waals surface area contributed by atoms with Crippen LogP contribution in [0, 0.1) is 6.92 Å². The van der Waals surface area contributed by atoms with Crippen molar-refractivity contribution in [3.63, 3.8) is 0 Å². The first-order chi connectivity index (χ1) is 13.5. The first-order valence-corrected chi connectivity index (χ1v) is 8.75. The van der Waals surface area contributed by atoms with Crippen molar-refractivity contribution in [1.29, 1.82) is 0 Å². The Kier molecular flexibility index (Phi) is 5.84. The van der Waals surface area contributed by atoms with E-state index in [4.69, 9.17) is 14.2 Å². The number of hydrogen-bond donors (Lipinski definition) is 1. The van der Waals surface area contributed by atoms with Gasteiger partial charge in [-0.1, -0.05) is 6.07 Å². The zero-order chi connectivity index (χ0) is 20.1. The zero-order valence-corrected chi connectivity index (χ0v) is 16.4. The average Bonchev–Trinajstić information content (AvgIpc) is 3.13. The van der Waals surface area contributed by atoms with Crippen LogP contribution in [0.5, 0.6) is 17.2 Å². The van der Waals surface area contributed by atoms with E-state index in [1.165, 1.54) is 0 Å². The fraction of sp³-hybridized carbons (Fsp3) is 0.238. The molecule has 0 aliphatic carbocycles. The van der Waals surface area contributed by atoms with E-state index in [1.807, 2.05) is 41.9 Å². The predicted molar refractivity (Wildman–Crippen MR) is 107 cm³/mol. The highest BCUT2D eigenvalue weighted by Gasteiger charge is 2.15. The maximum absolute atomic E-state index is 12.6. The normalized spacial score (nSPS) is 10.4. The number of carbonyl (C=O) groups is 1. The average molecular weight is 381 g/mol. The molecule has 7 nitrogen and oxygen atoms in total. The van der Waals surface area contributed by atoms with E-state index in [-0.39, 0.29) is 12.3 Å². The van der Waals surface area contributed by atoms with Crippen LogP contribution in [0.2, 0.25) is 0 Å². The monoisotopic (exact) mass is 381 g/mol. The van der Waals surface area contributed by atoms with Crippen molar-refractivity contribution in [3.8, 4) is 22.9 Å². The van der Waals surface area contributed by atoms with E-state index in [9.17, 15) is 4.79 Å². The second kappa shape index (κ2) is 8.47. The highest BCUT2D eigenvalue weighted by atomic mass is 16.5. The molecule has 0 aliphatic heterocycles. The Hall–Kier alpha value is -3.48. The molecule has 2 aromatic carbocycles. The molecular weight excluding hydrogens is 358 g/mol. The SMILES string of the molecule is COc1cc(CC(=O)Nc2cccc(-n3nccc3C)c2)cc(OC)c1OC. The summed E-state index contributed by atoms with van der Waals surface area (Å²) in [5.74, 6) is 1.38.